The third-order valence-electron chi connectivity index (χ3n) is 4.17. The third kappa shape index (κ3) is 4.64. The molecule has 0 aliphatic heterocycles. The summed E-state index contributed by atoms with van der Waals surface area (Å²) in [4.78, 5) is 17.1. The Kier molecular flexibility index (Phi) is 6.21. The number of carbonyl (C=O) groups excluding carboxylic acids is 1. The van der Waals surface area contributed by atoms with Crippen molar-refractivity contribution < 1.29 is 13.9 Å². The number of hydrogen-bond acceptors (Lipinski definition) is 3. The van der Waals surface area contributed by atoms with Crippen molar-refractivity contribution in [3.8, 4) is 5.75 Å². The maximum absolute atomic E-state index is 13.3. The van der Waals surface area contributed by atoms with Gasteiger partial charge in [0.2, 0.25) is 0 Å². The van der Waals surface area contributed by atoms with E-state index in [1.54, 1.807) is 48.1 Å². The van der Waals surface area contributed by atoms with Gasteiger partial charge in [0, 0.05) is 24.5 Å². The number of aryl methyl sites for hydroxylation is 1. The van der Waals surface area contributed by atoms with Crippen molar-refractivity contribution in [2.75, 3.05) is 0 Å². The van der Waals surface area contributed by atoms with Crippen LogP contribution >= 0.6 is 23.2 Å². The van der Waals surface area contributed by atoms with Crippen LogP contribution in [0.25, 0.3) is 0 Å². The second-order valence-corrected chi connectivity index (χ2v) is 7.07. The number of carbonyl (C=O) groups is 1. The zero-order valence-corrected chi connectivity index (χ0v) is 16.7. The lowest BCUT2D eigenvalue weighted by Crippen LogP contribution is -2.39. The summed E-state index contributed by atoms with van der Waals surface area (Å²) in [5.41, 5.74) is 0.695. The third-order valence-corrected chi connectivity index (χ3v) is 4.70. The predicted octanol–water partition coefficient (Wildman–Crippen LogP) is 4.54. The van der Waals surface area contributed by atoms with Gasteiger partial charge in [0.15, 0.2) is 6.10 Å². The number of aromatic nitrogens is 2. The molecule has 0 saturated carbocycles. The molecule has 2 aromatic carbocycles. The number of nitrogens with zero attached hydrogens (tertiary/aromatic N) is 2. The van der Waals surface area contributed by atoms with Gasteiger partial charge in [-0.15, -0.1) is 0 Å². The van der Waals surface area contributed by atoms with Crippen molar-refractivity contribution in [2.24, 2.45) is 7.05 Å². The quantitative estimate of drug-likeness (QED) is 0.635. The van der Waals surface area contributed by atoms with Crippen molar-refractivity contribution in [1.29, 1.82) is 0 Å². The highest BCUT2D eigenvalue weighted by Gasteiger charge is 2.25. The lowest BCUT2D eigenvalue weighted by molar-refractivity contribution is -0.127. The summed E-state index contributed by atoms with van der Waals surface area (Å²) in [5.74, 6) is 0.229. The molecule has 0 aliphatic rings. The van der Waals surface area contributed by atoms with Crippen LogP contribution in [-0.4, -0.2) is 21.6 Å². The molecular weight excluding hydrogens is 404 g/mol. The van der Waals surface area contributed by atoms with Gasteiger partial charge in [0.1, 0.15) is 23.4 Å². The Morgan fingerprint density at radius 2 is 1.93 bits per heavy atom. The summed E-state index contributed by atoms with van der Waals surface area (Å²) >= 11 is 12.0. The Balaban J connectivity index is 1.80. The molecule has 3 aromatic rings. The fraction of sp³-hybridized carbons (Fsp3) is 0.200. The highest BCUT2D eigenvalue weighted by atomic mass is 35.5. The van der Waals surface area contributed by atoms with E-state index >= 15 is 0 Å². The van der Waals surface area contributed by atoms with Gasteiger partial charge in [0.25, 0.3) is 5.91 Å². The predicted molar refractivity (Wildman–Crippen MR) is 106 cm³/mol. The normalized spacial score (nSPS) is 13.0. The van der Waals surface area contributed by atoms with Gasteiger partial charge in [-0.05, 0) is 42.8 Å². The first-order chi connectivity index (χ1) is 13.3. The van der Waals surface area contributed by atoms with Gasteiger partial charge in [-0.3, -0.25) is 4.79 Å². The van der Waals surface area contributed by atoms with Crippen molar-refractivity contribution in [2.45, 2.75) is 19.1 Å². The average Bonchev–Trinajstić information content (AvgIpc) is 3.08. The van der Waals surface area contributed by atoms with Crippen LogP contribution in [0.15, 0.2) is 54.9 Å². The van der Waals surface area contributed by atoms with Crippen LogP contribution in [0.4, 0.5) is 4.39 Å². The van der Waals surface area contributed by atoms with E-state index in [9.17, 15) is 9.18 Å². The molecule has 0 aliphatic carbocycles. The van der Waals surface area contributed by atoms with Gasteiger partial charge in [0.05, 0.1) is 5.02 Å². The molecule has 3 rings (SSSR count). The first kappa shape index (κ1) is 20.2. The van der Waals surface area contributed by atoms with E-state index in [1.165, 1.54) is 18.2 Å². The monoisotopic (exact) mass is 421 g/mol. The minimum Gasteiger partial charge on any atom is -0.479 e. The number of nitrogens with one attached hydrogen (secondary N) is 1. The second kappa shape index (κ2) is 8.63. The Morgan fingerprint density at radius 3 is 2.54 bits per heavy atom. The number of ether oxygens (including phenoxy) is 1. The van der Waals surface area contributed by atoms with Crippen LogP contribution < -0.4 is 10.1 Å². The molecule has 1 aromatic heterocycles. The molecule has 1 heterocycles. The van der Waals surface area contributed by atoms with E-state index in [0.717, 1.165) is 0 Å². The SMILES string of the molecule is C[C@@H](Oc1ccc(Cl)cc1Cl)C(=O)N[C@H](c1ccc(F)cc1)c1nccn1C. The van der Waals surface area contributed by atoms with E-state index in [1.807, 2.05) is 7.05 Å². The minimum absolute atomic E-state index is 0.311. The number of amides is 1. The molecule has 2 atom stereocenters. The van der Waals surface area contributed by atoms with Crippen LogP contribution in [0.2, 0.25) is 10.0 Å². The van der Waals surface area contributed by atoms with Crippen molar-refractivity contribution in [3.05, 3.63) is 82.1 Å². The Morgan fingerprint density at radius 1 is 1.21 bits per heavy atom. The maximum atomic E-state index is 13.3. The van der Waals surface area contributed by atoms with Crippen molar-refractivity contribution in [1.82, 2.24) is 14.9 Å². The van der Waals surface area contributed by atoms with Gasteiger partial charge in [-0.1, -0.05) is 35.3 Å². The second-order valence-electron chi connectivity index (χ2n) is 6.22. The summed E-state index contributed by atoms with van der Waals surface area (Å²) in [5, 5.41) is 3.69. The van der Waals surface area contributed by atoms with Crippen LogP contribution in [0, 0.1) is 5.82 Å². The van der Waals surface area contributed by atoms with E-state index in [-0.39, 0.29) is 11.7 Å². The molecule has 0 unspecified atom stereocenters. The summed E-state index contributed by atoms with van der Waals surface area (Å²) in [6.45, 7) is 1.61. The molecule has 146 valence electrons. The van der Waals surface area contributed by atoms with Crippen LogP contribution in [0.5, 0.6) is 5.75 Å². The molecule has 5 nitrogen and oxygen atoms in total. The Bertz CT molecular complexity index is 976. The van der Waals surface area contributed by atoms with Crippen molar-refractivity contribution in [3.63, 3.8) is 0 Å². The minimum atomic E-state index is -0.832. The molecule has 0 bridgehead atoms. The molecule has 0 saturated heterocycles. The molecule has 28 heavy (non-hydrogen) atoms. The summed E-state index contributed by atoms with van der Waals surface area (Å²) in [6, 6.07) is 10.1. The zero-order chi connectivity index (χ0) is 20.3. The Labute approximate surface area is 172 Å². The molecule has 0 spiro atoms. The molecule has 1 amide bonds. The van der Waals surface area contributed by atoms with Gasteiger partial charge in [-0.25, -0.2) is 9.37 Å². The van der Waals surface area contributed by atoms with E-state index in [2.05, 4.69) is 10.3 Å². The van der Waals surface area contributed by atoms with Crippen LogP contribution in [-0.2, 0) is 11.8 Å². The lowest BCUT2D eigenvalue weighted by Gasteiger charge is -2.22. The highest BCUT2D eigenvalue weighted by molar-refractivity contribution is 6.35. The maximum Gasteiger partial charge on any atom is 0.261 e. The summed E-state index contributed by atoms with van der Waals surface area (Å²) in [7, 11) is 1.82. The zero-order valence-electron chi connectivity index (χ0n) is 15.2. The molecule has 0 fully saturated rings. The Hall–Kier alpha value is -2.57. The molecule has 8 heteroatoms. The van der Waals surface area contributed by atoms with E-state index in [0.29, 0.717) is 27.2 Å². The summed E-state index contributed by atoms with van der Waals surface area (Å²) < 4.78 is 20.8. The summed E-state index contributed by atoms with van der Waals surface area (Å²) in [6.07, 6.45) is 2.57. The van der Waals surface area contributed by atoms with Crippen molar-refractivity contribution >= 4 is 29.1 Å². The van der Waals surface area contributed by atoms with Gasteiger partial charge in [-0.2, -0.15) is 0 Å². The standard InChI is InChI=1S/C20H18Cl2FN3O2/c1-12(28-17-8-5-14(21)11-16(17)22)20(27)25-18(19-24-9-10-26(19)2)13-3-6-15(23)7-4-13/h3-12,18H,1-2H3,(H,25,27)/t12-,18-/m1/s1. The van der Waals surface area contributed by atoms with Crippen LogP contribution in [0.1, 0.15) is 24.4 Å². The molecule has 0 radical (unpaired) electrons. The topological polar surface area (TPSA) is 56.1 Å². The highest BCUT2D eigenvalue weighted by Crippen LogP contribution is 2.28. The average molecular weight is 422 g/mol. The van der Waals surface area contributed by atoms with Crippen LogP contribution in [0.3, 0.4) is 0 Å². The number of hydrogen-bond donors (Lipinski definition) is 1. The number of benzene rings is 2. The number of imidazole rings is 1. The fourth-order valence-electron chi connectivity index (χ4n) is 2.68. The lowest BCUT2D eigenvalue weighted by atomic mass is 10.1. The van der Waals surface area contributed by atoms with E-state index < -0.39 is 12.1 Å². The smallest absolute Gasteiger partial charge is 0.261 e. The molecule has 1 N–H and O–H groups in total. The molecular formula is C20H18Cl2FN3O2. The van der Waals surface area contributed by atoms with Gasteiger partial charge < -0.3 is 14.6 Å². The largest absolute Gasteiger partial charge is 0.479 e. The van der Waals surface area contributed by atoms with E-state index in [4.69, 9.17) is 27.9 Å². The first-order valence-corrected chi connectivity index (χ1v) is 9.25. The first-order valence-electron chi connectivity index (χ1n) is 8.50. The fourth-order valence-corrected chi connectivity index (χ4v) is 3.13. The number of rotatable bonds is 6. The van der Waals surface area contributed by atoms with Gasteiger partial charge >= 0.3 is 0 Å². The number of halogens is 3.